The molecule has 0 unspecified atom stereocenters. The van der Waals surface area contributed by atoms with Crippen LogP contribution in [0.5, 0.6) is 0 Å². The largest absolute Gasteiger partial charge is 0.317 e. The van der Waals surface area contributed by atoms with Crippen LogP contribution in [-0.2, 0) is 6.42 Å². The van der Waals surface area contributed by atoms with Crippen molar-refractivity contribution in [2.24, 2.45) is 0 Å². The number of benzene rings is 1. The maximum absolute atomic E-state index is 3.38. The summed E-state index contributed by atoms with van der Waals surface area (Å²) in [6.07, 6.45) is 6.70. The average molecular weight is 217 g/mol. The summed E-state index contributed by atoms with van der Waals surface area (Å²) >= 11 is 0. The van der Waals surface area contributed by atoms with Crippen LogP contribution in [0.4, 0.5) is 0 Å². The summed E-state index contributed by atoms with van der Waals surface area (Å²) in [5.41, 5.74) is 3.09. The second-order valence-corrected chi connectivity index (χ2v) is 4.83. The molecule has 0 saturated heterocycles. The van der Waals surface area contributed by atoms with Crippen LogP contribution in [0.3, 0.4) is 0 Å². The highest BCUT2D eigenvalue weighted by atomic mass is 14.8. The minimum absolute atomic E-state index is 0.869. The van der Waals surface area contributed by atoms with Crippen molar-refractivity contribution in [2.75, 3.05) is 13.1 Å². The highest BCUT2D eigenvalue weighted by Crippen LogP contribution is 2.36. The first kappa shape index (κ1) is 11.7. The molecule has 1 aliphatic carbocycles. The van der Waals surface area contributed by atoms with Crippen molar-refractivity contribution < 1.29 is 0 Å². The van der Waals surface area contributed by atoms with Gasteiger partial charge >= 0.3 is 0 Å². The molecule has 0 atom stereocenters. The van der Waals surface area contributed by atoms with E-state index in [-0.39, 0.29) is 0 Å². The molecule has 1 aliphatic rings. The Hall–Kier alpha value is -0.820. The van der Waals surface area contributed by atoms with Crippen LogP contribution >= 0.6 is 0 Å². The number of hydrogen-bond donors (Lipinski definition) is 1. The first-order valence-corrected chi connectivity index (χ1v) is 6.69. The zero-order valence-corrected chi connectivity index (χ0v) is 10.3. The summed E-state index contributed by atoms with van der Waals surface area (Å²) in [5.74, 6) is 0.869. The van der Waals surface area contributed by atoms with Gasteiger partial charge in [-0.05, 0) is 55.8 Å². The Bertz CT molecular complexity index is 315. The molecule has 0 amide bonds. The molecule has 0 radical (unpaired) electrons. The molecule has 88 valence electrons. The van der Waals surface area contributed by atoms with Gasteiger partial charge in [0.2, 0.25) is 0 Å². The van der Waals surface area contributed by atoms with Crippen LogP contribution in [0.25, 0.3) is 0 Å². The smallest absolute Gasteiger partial charge is 0.00459 e. The summed E-state index contributed by atoms with van der Waals surface area (Å²) in [4.78, 5) is 0. The topological polar surface area (TPSA) is 12.0 Å². The molecule has 0 spiro atoms. The Kier molecular flexibility index (Phi) is 4.41. The third kappa shape index (κ3) is 3.08. The van der Waals surface area contributed by atoms with Crippen LogP contribution in [0.15, 0.2) is 24.3 Å². The second-order valence-electron chi connectivity index (χ2n) is 4.83. The van der Waals surface area contributed by atoms with Gasteiger partial charge in [-0.1, -0.05) is 37.6 Å². The Balaban J connectivity index is 1.84. The van der Waals surface area contributed by atoms with E-state index in [1.807, 2.05) is 0 Å². The predicted octanol–water partition coefficient (Wildman–Crippen LogP) is 3.50. The van der Waals surface area contributed by atoms with E-state index < -0.39 is 0 Å². The number of nitrogens with one attached hydrogen (secondary N) is 1. The minimum Gasteiger partial charge on any atom is -0.317 e. The predicted molar refractivity (Wildman–Crippen MR) is 69.9 cm³/mol. The zero-order chi connectivity index (χ0) is 11.2. The Morgan fingerprint density at radius 1 is 1.31 bits per heavy atom. The van der Waals surface area contributed by atoms with Crippen molar-refractivity contribution in [3.05, 3.63) is 35.4 Å². The van der Waals surface area contributed by atoms with E-state index in [9.17, 15) is 0 Å². The van der Waals surface area contributed by atoms with E-state index in [1.54, 1.807) is 5.56 Å². The maximum atomic E-state index is 3.38. The Morgan fingerprint density at radius 3 is 2.88 bits per heavy atom. The molecular formula is C15H23N. The van der Waals surface area contributed by atoms with Crippen LogP contribution < -0.4 is 5.32 Å². The van der Waals surface area contributed by atoms with E-state index >= 15 is 0 Å². The SMILES string of the molecule is CCNCCCc1cccc(C2CCC2)c1. The molecule has 2 rings (SSSR count). The fourth-order valence-electron chi connectivity index (χ4n) is 2.34. The highest BCUT2D eigenvalue weighted by molar-refractivity contribution is 5.27. The second kappa shape index (κ2) is 6.05. The molecule has 0 bridgehead atoms. The molecule has 1 saturated carbocycles. The van der Waals surface area contributed by atoms with Gasteiger partial charge in [0.15, 0.2) is 0 Å². The van der Waals surface area contributed by atoms with Crippen LogP contribution in [0, 0.1) is 0 Å². The van der Waals surface area contributed by atoms with Gasteiger partial charge in [-0.25, -0.2) is 0 Å². The van der Waals surface area contributed by atoms with Crippen molar-refractivity contribution in [2.45, 2.75) is 44.9 Å². The molecule has 1 nitrogen and oxygen atoms in total. The number of rotatable bonds is 6. The number of aryl methyl sites for hydroxylation is 1. The molecule has 0 aromatic heterocycles. The van der Waals surface area contributed by atoms with Crippen LogP contribution in [0.2, 0.25) is 0 Å². The lowest BCUT2D eigenvalue weighted by Gasteiger charge is -2.26. The van der Waals surface area contributed by atoms with Gasteiger partial charge < -0.3 is 5.32 Å². The van der Waals surface area contributed by atoms with E-state index in [1.165, 1.54) is 37.7 Å². The van der Waals surface area contributed by atoms with Crippen molar-refractivity contribution in [1.29, 1.82) is 0 Å². The molecule has 1 fully saturated rings. The fraction of sp³-hybridized carbons (Fsp3) is 0.600. The first-order valence-electron chi connectivity index (χ1n) is 6.69. The third-order valence-corrected chi connectivity index (χ3v) is 3.60. The zero-order valence-electron chi connectivity index (χ0n) is 10.3. The van der Waals surface area contributed by atoms with Crippen LogP contribution in [-0.4, -0.2) is 13.1 Å². The number of hydrogen-bond acceptors (Lipinski definition) is 1. The standard InChI is InChI=1S/C15H23N/c1-2-16-11-5-7-13-6-3-10-15(12-13)14-8-4-9-14/h3,6,10,12,14,16H,2,4-5,7-9,11H2,1H3. The van der Waals surface area contributed by atoms with E-state index in [0.29, 0.717) is 0 Å². The van der Waals surface area contributed by atoms with E-state index in [0.717, 1.165) is 19.0 Å². The lowest BCUT2D eigenvalue weighted by Crippen LogP contribution is -2.14. The average Bonchev–Trinajstić information content (AvgIpc) is 2.23. The maximum Gasteiger partial charge on any atom is -0.00459 e. The lowest BCUT2D eigenvalue weighted by molar-refractivity contribution is 0.419. The normalized spacial score (nSPS) is 16.1. The summed E-state index contributed by atoms with van der Waals surface area (Å²) < 4.78 is 0. The summed E-state index contributed by atoms with van der Waals surface area (Å²) in [5, 5.41) is 3.38. The monoisotopic (exact) mass is 217 g/mol. The molecule has 0 aliphatic heterocycles. The molecule has 1 aromatic carbocycles. The van der Waals surface area contributed by atoms with Crippen molar-refractivity contribution >= 4 is 0 Å². The van der Waals surface area contributed by atoms with E-state index in [2.05, 4.69) is 36.5 Å². The van der Waals surface area contributed by atoms with Gasteiger partial charge in [-0.15, -0.1) is 0 Å². The molecule has 1 heteroatoms. The third-order valence-electron chi connectivity index (χ3n) is 3.60. The molecule has 1 aromatic rings. The Labute approximate surface area is 99.3 Å². The Morgan fingerprint density at radius 2 is 2.19 bits per heavy atom. The molecule has 1 N–H and O–H groups in total. The van der Waals surface area contributed by atoms with Gasteiger partial charge in [0.05, 0.1) is 0 Å². The summed E-state index contributed by atoms with van der Waals surface area (Å²) in [7, 11) is 0. The van der Waals surface area contributed by atoms with Gasteiger partial charge in [0.25, 0.3) is 0 Å². The van der Waals surface area contributed by atoms with Gasteiger partial charge in [-0.2, -0.15) is 0 Å². The van der Waals surface area contributed by atoms with Gasteiger partial charge in [-0.3, -0.25) is 0 Å². The van der Waals surface area contributed by atoms with Crippen molar-refractivity contribution in [3.63, 3.8) is 0 Å². The lowest BCUT2D eigenvalue weighted by atomic mass is 9.79. The fourth-order valence-corrected chi connectivity index (χ4v) is 2.34. The molecule has 16 heavy (non-hydrogen) atoms. The van der Waals surface area contributed by atoms with E-state index in [4.69, 9.17) is 0 Å². The van der Waals surface area contributed by atoms with Crippen molar-refractivity contribution in [1.82, 2.24) is 5.32 Å². The van der Waals surface area contributed by atoms with Crippen molar-refractivity contribution in [3.8, 4) is 0 Å². The highest BCUT2D eigenvalue weighted by Gasteiger charge is 2.19. The minimum atomic E-state index is 0.869. The van der Waals surface area contributed by atoms with Crippen LogP contribution in [0.1, 0.15) is 49.7 Å². The quantitative estimate of drug-likeness (QED) is 0.719. The molecule has 0 heterocycles. The summed E-state index contributed by atoms with van der Waals surface area (Å²) in [6, 6.07) is 9.23. The first-order chi connectivity index (χ1) is 7.90. The summed E-state index contributed by atoms with van der Waals surface area (Å²) in [6.45, 7) is 4.39. The van der Waals surface area contributed by atoms with Gasteiger partial charge in [0, 0.05) is 0 Å². The molecular weight excluding hydrogens is 194 g/mol. The van der Waals surface area contributed by atoms with Gasteiger partial charge in [0.1, 0.15) is 0 Å².